The highest BCUT2D eigenvalue weighted by Crippen LogP contribution is 2.35. The van der Waals surface area contributed by atoms with Gasteiger partial charge in [0.05, 0.1) is 26.7 Å². The first-order chi connectivity index (χ1) is 15.4. The fourth-order valence-corrected chi connectivity index (χ4v) is 5.88. The second-order valence-electron chi connectivity index (χ2n) is 7.61. The van der Waals surface area contributed by atoms with Gasteiger partial charge in [0.25, 0.3) is 10.0 Å². The lowest BCUT2D eigenvalue weighted by Gasteiger charge is -2.29. The van der Waals surface area contributed by atoms with E-state index in [1.165, 1.54) is 23.8 Å². The summed E-state index contributed by atoms with van der Waals surface area (Å²) in [5.74, 6) is -0.415. The molecule has 0 fully saturated rings. The number of benzene rings is 3. The summed E-state index contributed by atoms with van der Waals surface area (Å²) in [7, 11) is -4.06. The molecule has 5 nitrogen and oxygen atoms in total. The van der Waals surface area contributed by atoms with Crippen LogP contribution in [0.25, 0.3) is 0 Å². The van der Waals surface area contributed by atoms with Gasteiger partial charge in [-0.2, -0.15) is 0 Å². The van der Waals surface area contributed by atoms with Crippen LogP contribution in [0.15, 0.2) is 77.7 Å². The zero-order chi connectivity index (χ0) is 22.7. The van der Waals surface area contributed by atoms with Crippen LogP contribution < -0.4 is 9.62 Å². The van der Waals surface area contributed by atoms with Crippen molar-refractivity contribution in [3.05, 3.63) is 94.0 Å². The van der Waals surface area contributed by atoms with Gasteiger partial charge in [0.15, 0.2) is 0 Å². The van der Waals surface area contributed by atoms with E-state index in [1.54, 1.807) is 30.3 Å². The summed E-state index contributed by atoms with van der Waals surface area (Å²) in [5.41, 5.74) is 2.43. The predicted molar refractivity (Wildman–Crippen MR) is 128 cm³/mol. The number of nitrogens with zero attached hydrogens (tertiary/aromatic N) is 1. The van der Waals surface area contributed by atoms with Crippen molar-refractivity contribution in [2.75, 3.05) is 10.8 Å². The minimum absolute atomic E-state index is 0.0619. The fraction of sp³-hybridized carbons (Fsp3) is 0.208. The SMILES string of the molecule is O=C(CN(c1cccc(Cl)c1Cl)S(=O)(=O)c1ccccc1)N[C@@H]1CCCc2ccccc21. The van der Waals surface area contributed by atoms with Crippen LogP contribution in [0.1, 0.15) is 30.0 Å². The van der Waals surface area contributed by atoms with Gasteiger partial charge < -0.3 is 5.32 Å². The van der Waals surface area contributed by atoms with Crippen LogP contribution >= 0.6 is 23.2 Å². The first-order valence-corrected chi connectivity index (χ1v) is 12.5. The number of amides is 1. The lowest BCUT2D eigenvalue weighted by molar-refractivity contribution is -0.120. The normalized spacial score (nSPS) is 15.6. The summed E-state index contributed by atoms with van der Waals surface area (Å²) in [6, 6.07) is 20.5. The molecule has 0 aliphatic heterocycles. The van der Waals surface area contributed by atoms with Gasteiger partial charge in [-0.05, 0) is 54.7 Å². The molecule has 0 bridgehead atoms. The van der Waals surface area contributed by atoms with Gasteiger partial charge in [-0.1, -0.05) is 71.7 Å². The van der Waals surface area contributed by atoms with Crippen molar-refractivity contribution in [2.45, 2.75) is 30.2 Å². The summed E-state index contributed by atoms with van der Waals surface area (Å²) in [4.78, 5) is 13.1. The Hall–Kier alpha value is -2.54. The molecule has 166 valence electrons. The Labute approximate surface area is 198 Å². The molecule has 0 spiro atoms. The van der Waals surface area contributed by atoms with Crippen molar-refractivity contribution in [1.29, 1.82) is 0 Å². The maximum atomic E-state index is 13.5. The van der Waals surface area contributed by atoms with Crippen molar-refractivity contribution in [3.63, 3.8) is 0 Å². The molecule has 1 aliphatic rings. The van der Waals surface area contributed by atoms with E-state index in [9.17, 15) is 13.2 Å². The molecule has 1 atom stereocenters. The topological polar surface area (TPSA) is 66.5 Å². The molecule has 32 heavy (non-hydrogen) atoms. The van der Waals surface area contributed by atoms with Crippen LogP contribution in [0.3, 0.4) is 0 Å². The van der Waals surface area contributed by atoms with E-state index in [1.807, 2.05) is 18.2 Å². The lowest BCUT2D eigenvalue weighted by Crippen LogP contribution is -2.42. The van der Waals surface area contributed by atoms with Gasteiger partial charge in [0.2, 0.25) is 5.91 Å². The standard InChI is InChI=1S/C24H22Cl2N2O3S/c25-20-13-7-15-22(24(20)26)28(32(30,31)18-10-2-1-3-11-18)16-23(29)27-21-14-6-9-17-8-4-5-12-19(17)21/h1-5,7-8,10-13,15,21H,6,9,14,16H2,(H,27,29)/t21-/m1/s1. The molecular formula is C24H22Cl2N2O3S. The first kappa shape index (κ1) is 22.6. The number of aryl methyl sites for hydroxylation is 1. The van der Waals surface area contributed by atoms with Gasteiger partial charge in [0.1, 0.15) is 6.54 Å². The van der Waals surface area contributed by atoms with E-state index in [0.717, 1.165) is 29.1 Å². The molecule has 0 saturated heterocycles. The van der Waals surface area contributed by atoms with Crippen LogP contribution in [-0.2, 0) is 21.2 Å². The van der Waals surface area contributed by atoms with E-state index in [4.69, 9.17) is 23.2 Å². The quantitative estimate of drug-likeness (QED) is 0.506. The van der Waals surface area contributed by atoms with Crippen molar-refractivity contribution in [1.82, 2.24) is 5.32 Å². The molecular weight excluding hydrogens is 467 g/mol. The average molecular weight is 489 g/mol. The Morgan fingerprint density at radius 1 is 0.969 bits per heavy atom. The minimum Gasteiger partial charge on any atom is -0.348 e. The highest BCUT2D eigenvalue weighted by Gasteiger charge is 2.30. The van der Waals surface area contributed by atoms with Crippen molar-refractivity contribution in [2.24, 2.45) is 0 Å². The molecule has 3 aromatic carbocycles. The lowest BCUT2D eigenvalue weighted by atomic mass is 9.88. The number of carbonyl (C=O) groups excluding carboxylic acids is 1. The molecule has 0 aromatic heterocycles. The highest BCUT2D eigenvalue weighted by molar-refractivity contribution is 7.92. The molecule has 0 heterocycles. The summed E-state index contributed by atoms with van der Waals surface area (Å²) in [6.45, 7) is -0.421. The van der Waals surface area contributed by atoms with E-state index in [0.29, 0.717) is 0 Å². The van der Waals surface area contributed by atoms with Gasteiger partial charge in [0, 0.05) is 0 Å². The Kier molecular flexibility index (Phi) is 6.74. The Morgan fingerprint density at radius 2 is 1.69 bits per heavy atom. The Balaban J connectivity index is 1.66. The number of hydrogen-bond donors (Lipinski definition) is 1. The Bertz CT molecular complexity index is 1230. The number of nitrogens with one attached hydrogen (secondary N) is 1. The van der Waals surface area contributed by atoms with E-state index >= 15 is 0 Å². The second kappa shape index (κ2) is 9.53. The molecule has 1 aliphatic carbocycles. The van der Waals surface area contributed by atoms with Crippen LogP contribution in [0.2, 0.25) is 10.0 Å². The van der Waals surface area contributed by atoms with Crippen LogP contribution in [-0.4, -0.2) is 20.9 Å². The van der Waals surface area contributed by atoms with Crippen molar-refractivity contribution < 1.29 is 13.2 Å². The van der Waals surface area contributed by atoms with Crippen molar-refractivity contribution in [3.8, 4) is 0 Å². The third-order valence-corrected chi connectivity index (χ3v) is 8.11. The van der Waals surface area contributed by atoms with Gasteiger partial charge in [-0.15, -0.1) is 0 Å². The van der Waals surface area contributed by atoms with E-state index < -0.39 is 22.5 Å². The number of rotatable bonds is 6. The number of carbonyl (C=O) groups is 1. The van der Waals surface area contributed by atoms with Crippen LogP contribution in [0, 0.1) is 0 Å². The highest BCUT2D eigenvalue weighted by atomic mass is 35.5. The van der Waals surface area contributed by atoms with Crippen LogP contribution in [0.5, 0.6) is 0 Å². The molecule has 3 aromatic rings. The van der Waals surface area contributed by atoms with Crippen LogP contribution in [0.4, 0.5) is 5.69 Å². The second-order valence-corrected chi connectivity index (χ2v) is 10.3. The maximum absolute atomic E-state index is 13.5. The minimum atomic E-state index is -4.06. The number of halogens is 2. The molecule has 0 saturated carbocycles. The fourth-order valence-electron chi connectivity index (χ4n) is 3.98. The number of anilines is 1. The molecule has 0 unspecified atom stereocenters. The summed E-state index contributed by atoms with van der Waals surface area (Å²) in [6.07, 6.45) is 2.72. The average Bonchev–Trinajstić information content (AvgIpc) is 2.80. The van der Waals surface area contributed by atoms with Gasteiger partial charge >= 0.3 is 0 Å². The monoisotopic (exact) mass is 488 g/mol. The largest absolute Gasteiger partial charge is 0.348 e. The number of hydrogen-bond acceptors (Lipinski definition) is 3. The molecule has 1 amide bonds. The summed E-state index contributed by atoms with van der Waals surface area (Å²) >= 11 is 12.5. The number of fused-ring (bicyclic) bond motifs is 1. The third kappa shape index (κ3) is 4.63. The molecule has 8 heteroatoms. The summed E-state index contributed by atoms with van der Waals surface area (Å²) < 4.78 is 27.9. The first-order valence-electron chi connectivity index (χ1n) is 10.3. The smallest absolute Gasteiger partial charge is 0.264 e. The van der Waals surface area contributed by atoms with Gasteiger partial charge in [-0.25, -0.2) is 8.42 Å². The van der Waals surface area contributed by atoms with Gasteiger partial charge in [-0.3, -0.25) is 9.10 Å². The molecule has 0 radical (unpaired) electrons. The summed E-state index contributed by atoms with van der Waals surface area (Å²) in [5, 5.41) is 3.29. The third-order valence-electron chi connectivity index (χ3n) is 5.52. The zero-order valence-corrected chi connectivity index (χ0v) is 19.5. The molecule has 4 rings (SSSR count). The number of sulfonamides is 1. The van der Waals surface area contributed by atoms with Crippen molar-refractivity contribution >= 4 is 44.8 Å². The maximum Gasteiger partial charge on any atom is 0.264 e. The van der Waals surface area contributed by atoms with E-state index in [2.05, 4.69) is 11.4 Å². The Morgan fingerprint density at radius 3 is 2.47 bits per heavy atom. The molecule has 1 N–H and O–H groups in total. The zero-order valence-electron chi connectivity index (χ0n) is 17.2. The van der Waals surface area contributed by atoms with E-state index in [-0.39, 0.29) is 26.7 Å². The predicted octanol–water partition coefficient (Wildman–Crippen LogP) is 5.38.